The molecule has 8 aromatic rings. The van der Waals surface area contributed by atoms with Crippen molar-refractivity contribution < 1.29 is 93.4 Å². The van der Waals surface area contributed by atoms with E-state index in [-0.39, 0.29) is 66.4 Å². The van der Waals surface area contributed by atoms with Gasteiger partial charge in [0.15, 0.2) is 34.8 Å². The number of hydrogen-bond donors (Lipinski definition) is 15. The lowest BCUT2D eigenvalue weighted by molar-refractivity contribution is -0.143. The zero-order valence-corrected chi connectivity index (χ0v) is 48.9. The number of aromatic hydroxyl groups is 6. The van der Waals surface area contributed by atoms with Crippen LogP contribution in [0.25, 0.3) is 11.1 Å². The normalized spacial score (nSPS) is 21.1. The molecule has 474 valence electrons. The van der Waals surface area contributed by atoms with Gasteiger partial charge in [-0.2, -0.15) is 0 Å². The number of benzene rings is 7. The molecule has 93 heavy (non-hydrogen) atoms. The van der Waals surface area contributed by atoms with Crippen LogP contribution in [0, 0.1) is 0 Å². The number of carbonyl (C=O) groups excluding carboxylic acids is 6. The van der Waals surface area contributed by atoms with Crippen molar-refractivity contribution in [1.29, 1.82) is 0 Å². The number of halogens is 2. The number of carboxylic acids is 1. The summed E-state index contributed by atoms with van der Waals surface area (Å²) in [5.74, 6) is -16.4. The Kier molecular flexibility index (Phi) is 15.8. The molecule has 14 rings (SSSR count). The van der Waals surface area contributed by atoms with Crippen molar-refractivity contribution >= 4 is 70.3 Å². The molecule has 0 saturated carbocycles. The number of phenols is 6. The van der Waals surface area contributed by atoms with Gasteiger partial charge in [-0.3, -0.25) is 38.4 Å². The van der Waals surface area contributed by atoms with Crippen molar-refractivity contribution in [2.75, 3.05) is 12.4 Å². The van der Waals surface area contributed by atoms with E-state index in [0.717, 1.165) is 86.0 Å². The summed E-state index contributed by atoms with van der Waals surface area (Å²) in [5.41, 5.74) is -5.00. The van der Waals surface area contributed by atoms with Crippen LogP contribution >= 0.6 is 23.2 Å². The van der Waals surface area contributed by atoms with Crippen LogP contribution in [-0.2, 0) is 40.0 Å². The number of methoxy groups -OCH3 is 1. The number of aliphatic carboxylic acids is 1. The summed E-state index contributed by atoms with van der Waals surface area (Å²) >= 11 is 13.7. The lowest BCUT2D eigenvalue weighted by Gasteiger charge is -2.31. The van der Waals surface area contributed by atoms with E-state index >= 15 is 19.2 Å². The van der Waals surface area contributed by atoms with Gasteiger partial charge in [-0.15, -0.1) is 0 Å². The number of phenolic OH excluding ortho intramolecular Hbond substituents is 6. The van der Waals surface area contributed by atoms with E-state index < -0.39 is 181 Å². The third-order valence-corrected chi connectivity index (χ3v) is 16.3. The first-order valence-corrected chi connectivity index (χ1v) is 28.5. The second-order valence-corrected chi connectivity index (χ2v) is 22.6. The fraction of sp³-hybridized carbons (Fsp3) is 0.159. The third-order valence-electron chi connectivity index (χ3n) is 15.8. The second-order valence-electron chi connectivity index (χ2n) is 21.8. The number of nitrogens with one attached hydrogen (secondary N) is 7. The molecule has 6 heterocycles. The Balaban J connectivity index is 1.06. The van der Waals surface area contributed by atoms with E-state index in [1.807, 2.05) is 0 Å². The predicted octanol–water partition coefficient (Wildman–Crippen LogP) is 4.74. The summed E-state index contributed by atoms with van der Waals surface area (Å²) in [6.45, 7) is 0. The molecule has 6 aliphatic heterocycles. The number of anilines is 1. The molecule has 15 N–H and O–H groups in total. The molecule has 0 fully saturated rings. The molecule has 0 aromatic heterocycles. The first kappa shape index (κ1) is 61.5. The van der Waals surface area contributed by atoms with Gasteiger partial charge in [0.05, 0.1) is 17.2 Å². The average Bonchev–Trinajstić information content (AvgIpc) is 0.827. The third kappa shape index (κ3) is 11.6. The van der Waals surface area contributed by atoms with Gasteiger partial charge in [0, 0.05) is 35.2 Å². The van der Waals surface area contributed by atoms with Crippen molar-refractivity contribution in [1.82, 2.24) is 31.9 Å². The molecule has 8 aromatic carbocycles. The summed E-state index contributed by atoms with van der Waals surface area (Å²) in [6, 6.07) is 6.79. The molecule has 8 atom stereocenters. The van der Waals surface area contributed by atoms with E-state index in [2.05, 4.69) is 37.2 Å². The Morgan fingerprint density at radius 3 is 1.78 bits per heavy atom. The molecule has 6 aliphatic rings. The number of hydrogen-bond acceptors (Lipinski definition) is 21. The maximum Gasteiger partial charge on any atom is 0.330 e. The summed E-state index contributed by atoms with van der Waals surface area (Å²) in [6.07, 6.45) is -2.62. The van der Waals surface area contributed by atoms with Crippen LogP contribution in [0.3, 0.4) is 0 Å². The van der Waals surface area contributed by atoms with E-state index in [1.54, 1.807) is 0 Å². The average molecular weight is 1310 g/mol. The molecule has 0 spiro atoms. The molecule has 28 nitrogen and oxygen atoms in total. The van der Waals surface area contributed by atoms with E-state index in [1.165, 1.54) is 36.4 Å². The van der Waals surface area contributed by atoms with Crippen LogP contribution < -0.4 is 67.0 Å². The Morgan fingerprint density at radius 1 is 0.527 bits per heavy atom. The highest BCUT2D eigenvalue weighted by Crippen LogP contribution is 2.48. The number of carbonyl (C=O) groups is 7. The number of carboxylic acid groups (broad SMARTS) is 1. The molecular weight excluding hydrogens is 1260 g/mol. The molecule has 0 saturated heterocycles. The summed E-state index contributed by atoms with van der Waals surface area (Å²) in [7, 11) is 1.11. The molecule has 0 aliphatic carbocycles. The van der Waals surface area contributed by atoms with Gasteiger partial charge >= 0.3 is 5.97 Å². The Bertz CT molecular complexity index is 4630. The molecule has 30 heteroatoms. The molecule has 6 amide bonds. The van der Waals surface area contributed by atoms with Gasteiger partial charge in [-0.1, -0.05) is 47.5 Å². The minimum atomic E-state index is -2.23. The number of amides is 6. The highest BCUT2D eigenvalue weighted by Gasteiger charge is 2.42. The molecule has 0 unspecified atom stereocenters. The quantitative estimate of drug-likeness (QED) is 0.106. The highest BCUT2D eigenvalue weighted by atomic mass is 35.5. The van der Waals surface area contributed by atoms with Crippen molar-refractivity contribution in [3.8, 4) is 85.9 Å². The number of fused-ring (bicyclic) bond motifs is 14. The second kappa shape index (κ2) is 23.9. The SMILES string of the molecule is COc1c(N[C@H]2C(=O)N[C@@H]3Cc4ccc(c(Cl)c4)Oc4cc5cc(c4O)Oc4ccc(cc4Cl)[C@@H](O)[C@@H]4NC(=O)[C@H](NC(=O)[C@@H]5NC(=O)[C@@H](NC3=O)c3cc(O)cc(c3)Oc3cc2ccc3O)c2ccc(O)c(c2)-c2c(O)cc(O)cc2[C@H](C(=O)O)NC4=O)c(=O)c1=O. The summed E-state index contributed by atoms with van der Waals surface area (Å²) < 4.78 is 23.7. The van der Waals surface area contributed by atoms with Gasteiger partial charge in [0.2, 0.25) is 41.2 Å². The van der Waals surface area contributed by atoms with Crippen molar-refractivity contribution in [3.63, 3.8) is 0 Å². The molecular formula is C63H47Cl2N7O21. The highest BCUT2D eigenvalue weighted by molar-refractivity contribution is 6.32. The fourth-order valence-corrected chi connectivity index (χ4v) is 11.7. The van der Waals surface area contributed by atoms with Crippen LogP contribution in [-0.4, -0.2) is 101 Å². The largest absolute Gasteiger partial charge is 0.508 e. The molecule has 17 bridgehead atoms. The Labute approximate surface area is 531 Å². The first-order valence-electron chi connectivity index (χ1n) is 27.7. The lowest BCUT2D eigenvalue weighted by atomic mass is 9.89. The lowest BCUT2D eigenvalue weighted by Crippen LogP contribution is -2.55. The van der Waals surface area contributed by atoms with Crippen LogP contribution in [0.2, 0.25) is 10.0 Å². The topological polar surface area (TPSA) is 437 Å². The number of ether oxygens (including phenoxy) is 4. The van der Waals surface area contributed by atoms with Crippen LogP contribution in [0.15, 0.2) is 125 Å². The van der Waals surface area contributed by atoms with Crippen molar-refractivity contribution in [3.05, 3.63) is 185 Å². The fourth-order valence-electron chi connectivity index (χ4n) is 11.2. The molecule has 0 radical (unpaired) electrons. The standard InChI is InChI=1S/C63H47Cl2N7O21/c1-90-56-50(54(80)55(56)81)67-45-24-4-7-37(76)41(16-24)91-30-13-26(12-28(73)19-30)47-60(85)70-48-27-17-42(92-39-8-2-22(10-33(39)64)11-35(57(82)68-47)66-58(45)83)53(79)43(18-27)93-40-9-5-25(15-34(40)65)52(78)51-62(87)71-49(63(88)89)32-20-29(74)21-38(77)44(32)31-14-23(3-6-36(31)75)46(59(84)72-51)69-61(48)86/h2-10,12-21,35,45-49,51-52,67,73-79H,11H2,1H3,(H,66,83)(H,68,82)(H,69,86)(H,70,85)(H,71,87)(H,72,84)(H,88,89)/t35-,45-,46-,47+,48-,49-,51+,52-/m1/s1. The van der Waals surface area contributed by atoms with E-state index in [0.29, 0.717) is 0 Å². The maximum atomic E-state index is 15.8. The number of aliphatic hydroxyl groups excluding tert-OH is 1. The summed E-state index contributed by atoms with van der Waals surface area (Å²) in [4.78, 5) is 130. The number of aliphatic hydroxyl groups is 1. The zero-order valence-electron chi connectivity index (χ0n) is 47.4. The van der Waals surface area contributed by atoms with Crippen LogP contribution in [0.5, 0.6) is 74.7 Å². The minimum absolute atomic E-state index is 0.0286. The van der Waals surface area contributed by atoms with Crippen LogP contribution in [0.4, 0.5) is 5.69 Å². The maximum absolute atomic E-state index is 15.8. The first-order chi connectivity index (χ1) is 44.3. The smallest absolute Gasteiger partial charge is 0.330 e. The van der Waals surface area contributed by atoms with Gasteiger partial charge in [-0.05, 0) is 112 Å². The van der Waals surface area contributed by atoms with E-state index in [4.69, 9.17) is 42.1 Å². The van der Waals surface area contributed by atoms with Crippen molar-refractivity contribution in [2.24, 2.45) is 0 Å². The van der Waals surface area contributed by atoms with Gasteiger partial charge < -0.3 is 97.0 Å². The minimum Gasteiger partial charge on any atom is -0.508 e. The Hall–Kier alpha value is -11.8. The van der Waals surface area contributed by atoms with Gasteiger partial charge in [0.1, 0.15) is 88.3 Å². The van der Waals surface area contributed by atoms with Crippen molar-refractivity contribution in [2.45, 2.75) is 54.8 Å². The number of rotatable bonds is 4. The monoisotopic (exact) mass is 1310 g/mol. The summed E-state index contributed by atoms with van der Waals surface area (Å²) in [5, 5.41) is 108. The van der Waals surface area contributed by atoms with E-state index in [9.17, 15) is 64.8 Å². The zero-order chi connectivity index (χ0) is 66.2. The van der Waals surface area contributed by atoms with Gasteiger partial charge in [-0.25, -0.2) is 4.79 Å². The van der Waals surface area contributed by atoms with Crippen LogP contribution in [0.1, 0.15) is 75.3 Å². The van der Waals surface area contributed by atoms with Gasteiger partial charge in [0.25, 0.3) is 10.9 Å². The predicted molar refractivity (Wildman–Crippen MR) is 322 cm³/mol. The Morgan fingerprint density at radius 2 is 1.12 bits per heavy atom.